The van der Waals surface area contributed by atoms with Crippen molar-refractivity contribution < 1.29 is 13.9 Å². The zero-order valence-corrected chi connectivity index (χ0v) is 11.3. The standard InChI is InChI=1S/C14H21F2NO/c1-9(17-8-13(18)14(2,3)4)10-5-11(15)7-12(16)6-10/h5-7,9,13,17-18H,8H2,1-4H3. The van der Waals surface area contributed by atoms with Gasteiger partial charge in [-0.25, -0.2) is 8.78 Å². The van der Waals surface area contributed by atoms with Crippen molar-refractivity contribution in [3.8, 4) is 0 Å². The third-order valence-corrected chi connectivity index (χ3v) is 3.00. The SMILES string of the molecule is CC(NCC(O)C(C)(C)C)c1cc(F)cc(F)c1. The molecule has 102 valence electrons. The van der Waals surface area contributed by atoms with E-state index in [1.807, 2.05) is 27.7 Å². The second-order valence-electron chi connectivity index (χ2n) is 5.71. The van der Waals surface area contributed by atoms with Crippen molar-refractivity contribution in [2.24, 2.45) is 5.41 Å². The van der Waals surface area contributed by atoms with Crippen molar-refractivity contribution in [2.45, 2.75) is 39.8 Å². The molecule has 2 N–H and O–H groups in total. The van der Waals surface area contributed by atoms with E-state index in [0.29, 0.717) is 12.1 Å². The summed E-state index contributed by atoms with van der Waals surface area (Å²) in [5.41, 5.74) is 0.313. The van der Waals surface area contributed by atoms with Crippen LogP contribution in [0, 0.1) is 17.0 Å². The zero-order chi connectivity index (χ0) is 13.9. The van der Waals surface area contributed by atoms with E-state index in [1.54, 1.807) is 0 Å². The van der Waals surface area contributed by atoms with Gasteiger partial charge in [0.15, 0.2) is 0 Å². The number of nitrogens with one attached hydrogen (secondary N) is 1. The highest BCUT2D eigenvalue weighted by Gasteiger charge is 2.22. The second kappa shape index (κ2) is 5.76. The molecule has 2 atom stereocenters. The predicted octanol–water partition coefficient (Wildman–Crippen LogP) is 3.02. The topological polar surface area (TPSA) is 32.3 Å². The maximum Gasteiger partial charge on any atom is 0.126 e. The monoisotopic (exact) mass is 257 g/mol. The molecule has 0 saturated heterocycles. The fourth-order valence-electron chi connectivity index (χ4n) is 1.54. The molecule has 0 spiro atoms. The summed E-state index contributed by atoms with van der Waals surface area (Å²) in [4.78, 5) is 0. The van der Waals surface area contributed by atoms with Gasteiger partial charge in [0, 0.05) is 18.7 Å². The van der Waals surface area contributed by atoms with Gasteiger partial charge in [0.05, 0.1) is 6.10 Å². The van der Waals surface area contributed by atoms with Crippen LogP contribution >= 0.6 is 0 Å². The fraction of sp³-hybridized carbons (Fsp3) is 0.571. The Morgan fingerprint density at radius 2 is 1.67 bits per heavy atom. The lowest BCUT2D eigenvalue weighted by molar-refractivity contribution is 0.0609. The number of hydrogen-bond donors (Lipinski definition) is 2. The average molecular weight is 257 g/mol. The minimum atomic E-state index is -0.588. The molecule has 1 aromatic carbocycles. The number of rotatable bonds is 4. The van der Waals surface area contributed by atoms with Crippen LogP contribution in [0.2, 0.25) is 0 Å². The molecule has 2 unspecified atom stereocenters. The number of halogens is 2. The number of aliphatic hydroxyl groups is 1. The molecule has 0 saturated carbocycles. The largest absolute Gasteiger partial charge is 0.391 e. The van der Waals surface area contributed by atoms with Crippen LogP contribution in [0.15, 0.2) is 18.2 Å². The first-order valence-corrected chi connectivity index (χ1v) is 6.07. The molecule has 1 rings (SSSR count). The number of aliphatic hydroxyl groups excluding tert-OH is 1. The maximum atomic E-state index is 13.1. The highest BCUT2D eigenvalue weighted by atomic mass is 19.1. The molecule has 0 amide bonds. The number of hydrogen-bond acceptors (Lipinski definition) is 2. The van der Waals surface area contributed by atoms with Crippen molar-refractivity contribution in [2.75, 3.05) is 6.54 Å². The molecule has 0 radical (unpaired) electrons. The molecule has 0 heterocycles. The van der Waals surface area contributed by atoms with Crippen LogP contribution in [0.5, 0.6) is 0 Å². The van der Waals surface area contributed by atoms with Gasteiger partial charge in [-0.2, -0.15) is 0 Å². The van der Waals surface area contributed by atoms with E-state index in [4.69, 9.17) is 0 Å². The van der Waals surface area contributed by atoms with Gasteiger partial charge in [-0.05, 0) is 30.0 Å². The van der Waals surface area contributed by atoms with Crippen LogP contribution in [0.1, 0.15) is 39.3 Å². The summed E-state index contributed by atoms with van der Waals surface area (Å²) < 4.78 is 26.1. The molecular weight excluding hydrogens is 236 g/mol. The molecular formula is C14H21F2NO. The minimum Gasteiger partial charge on any atom is -0.391 e. The van der Waals surface area contributed by atoms with E-state index in [9.17, 15) is 13.9 Å². The van der Waals surface area contributed by atoms with Crippen LogP contribution in [0.25, 0.3) is 0 Å². The van der Waals surface area contributed by atoms with E-state index < -0.39 is 17.7 Å². The summed E-state index contributed by atoms with van der Waals surface area (Å²) in [5.74, 6) is -1.18. The van der Waals surface area contributed by atoms with Gasteiger partial charge in [-0.1, -0.05) is 20.8 Å². The molecule has 2 nitrogen and oxygen atoms in total. The predicted molar refractivity (Wildman–Crippen MR) is 68.2 cm³/mol. The van der Waals surface area contributed by atoms with Crippen LogP contribution in [-0.4, -0.2) is 17.8 Å². The van der Waals surface area contributed by atoms with Crippen LogP contribution in [-0.2, 0) is 0 Å². The smallest absolute Gasteiger partial charge is 0.126 e. The van der Waals surface area contributed by atoms with E-state index >= 15 is 0 Å². The van der Waals surface area contributed by atoms with Gasteiger partial charge in [-0.15, -0.1) is 0 Å². The summed E-state index contributed by atoms with van der Waals surface area (Å²) in [6.45, 7) is 8.00. The Balaban J connectivity index is 2.63. The molecule has 4 heteroatoms. The average Bonchev–Trinajstić information content (AvgIpc) is 2.22. The van der Waals surface area contributed by atoms with Crippen LogP contribution in [0.3, 0.4) is 0 Å². The Morgan fingerprint density at radius 3 is 2.11 bits per heavy atom. The van der Waals surface area contributed by atoms with E-state index in [1.165, 1.54) is 12.1 Å². The highest BCUT2D eigenvalue weighted by molar-refractivity contribution is 5.20. The van der Waals surface area contributed by atoms with Gasteiger partial charge in [0.25, 0.3) is 0 Å². The first-order valence-electron chi connectivity index (χ1n) is 6.07. The molecule has 0 aliphatic carbocycles. The lowest BCUT2D eigenvalue weighted by Crippen LogP contribution is -2.37. The summed E-state index contributed by atoms with van der Waals surface area (Å²) in [5, 5.41) is 13.0. The Bertz CT molecular complexity index is 381. The third kappa shape index (κ3) is 4.35. The fourth-order valence-corrected chi connectivity index (χ4v) is 1.54. The normalized spacial score (nSPS) is 15.5. The molecule has 0 bridgehead atoms. The maximum absolute atomic E-state index is 13.1. The Kier molecular flexibility index (Phi) is 4.82. The van der Waals surface area contributed by atoms with Crippen molar-refractivity contribution in [3.63, 3.8) is 0 Å². The lowest BCUT2D eigenvalue weighted by Gasteiger charge is -2.27. The van der Waals surface area contributed by atoms with Gasteiger partial charge in [-0.3, -0.25) is 0 Å². The van der Waals surface area contributed by atoms with Gasteiger partial charge in [0.2, 0.25) is 0 Å². The lowest BCUT2D eigenvalue weighted by atomic mass is 9.89. The summed E-state index contributed by atoms with van der Waals surface area (Å²) >= 11 is 0. The first-order chi connectivity index (χ1) is 8.20. The Morgan fingerprint density at radius 1 is 1.17 bits per heavy atom. The molecule has 18 heavy (non-hydrogen) atoms. The van der Waals surface area contributed by atoms with Crippen LogP contribution < -0.4 is 5.32 Å². The molecule has 0 aromatic heterocycles. The quantitative estimate of drug-likeness (QED) is 0.869. The zero-order valence-electron chi connectivity index (χ0n) is 11.3. The van der Waals surface area contributed by atoms with E-state index in [-0.39, 0.29) is 11.5 Å². The molecule has 0 aliphatic rings. The van der Waals surface area contributed by atoms with Gasteiger partial charge >= 0.3 is 0 Å². The van der Waals surface area contributed by atoms with Crippen LogP contribution in [0.4, 0.5) is 8.78 Å². The third-order valence-electron chi connectivity index (χ3n) is 3.00. The van der Waals surface area contributed by atoms with Gasteiger partial charge in [0.1, 0.15) is 11.6 Å². The van der Waals surface area contributed by atoms with Crippen molar-refractivity contribution >= 4 is 0 Å². The minimum absolute atomic E-state index is 0.216. The molecule has 0 aliphatic heterocycles. The van der Waals surface area contributed by atoms with Crippen molar-refractivity contribution in [1.82, 2.24) is 5.32 Å². The molecule has 1 aromatic rings. The second-order valence-corrected chi connectivity index (χ2v) is 5.71. The van der Waals surface area contributed by atoms with E-state index in [2.05, 4.69) is 5.32 Å². The number of benzene rings is 1. The molecule has 0 fully saturated rings. The van der Waals surface area contributed by atoms with Crippen molar-refractivity contribution in [1.29, 1.82) is 0 Å². The van der Waals surface area contributed by atoms with E-state index in [0.717, 1.165) is 6.07 Å². The van der Waals surface area contributed by atoms with Crippen molar-refractivity contribution in [3.05, 3.63) is 35.4 Å². The Hall–Kier alpha value is -1.00. The highest BCUT2D eigenvalue weighted by Crippen LogP contribution is 2.20. The first kappa shape index (κ1) is 15.1. The Labute approximate surface area is 107 Å². The summed E-state index contributed by atoms with van der Waals surface area (Å²) in [7, 11) is 0. The van der Waals surface area contributed by atoms with Gasteiger partial charge < -0.3 is 10.4 Å². The summed E-state index contributed by atoms with van der Waals surface area (Å²) in [6, 6.07) is 3.22. The summed E-state index contributed by atoms with van der Waals surface area (Å²) in [6.07, 6.45) is -0.515.